The topological polar surface area (TPSA) is 38.3 Å². The van der Waals surface area contributed by atoms with Gasteiger partial charge < -0.3 is 10.1 Å². The summed E-state index contributed by atoms with van der Waals surface area (Å²) in [6.45, 7) is 2.17. The van der Waals surface area contributed by atoms with Gasteiger partial charge in [-0.1, -0.05) is 15.9 Å². The third kappa shape index (κ3) is 4.09. The van der Waals surface area contributed by atoms with E-state index in [-0.39, 0.29) is 11.8 Å². The smallest absolute Gasteiger partial charge is 0.225 e. The maximum absolute atomic E-state index is 11.5. The zero-order valence-electron chi connectivity index (χ0n) is 7.72. The molecule has 3 nitrogen and oxygen atoms in total. The van der Waals surface area contributed by atoms with Crippen LogP contribution >= 0.6 is 15.9 Å². The summed E-state index contributed by atoms with van der Waals surface area (Å²) in [5.41, 5.74) is 0. The molecule has 1 N–H and O–H groups in total. The zero-order chi connectivity index (χ0) is 9.52. The van der Waals surface area contributed by atoms with Crippen LogP contribution in [-0.4, -0.2) is 31.0 Å². The number of amides is 1. The molecule has 1 amide bonds. The van der Waals surface area contributed by atoms with Crippen LogP contribution in [0.15, 0.2) is 0 Å². The van der Waals surface area contributed by atoms with E-state index in [9.17, 15) is 4.79 Å². The lowest BCUT2D eigenvalue weighted by atomic mass is 10.0. The molecule has 0 aliphatic carbocycles. The van der Waals surface area contributed by atoms with Crippen molar-refractivity contribution in [1.82, 2.24) is 5.32 Å². The highest BCUT2D eigenvalue weighted by Crippen LogP contribution is 2.13. The Kier molecular flexibility index (Phi) is 5.39. The van der Waals surface area contributed by atoms with E-state index in [0.717, 1.165) is 37.7 Å². The fourth-order valence-electron chi connectivity index (χ4n) is 1.37. The SMILES string of the molecule is O=C(NCCCBr)C1CCCOC1. The molecule has 1 saturated heterocycles. The van der Waals surface area contributed by atoms with Gasteiger partial charge in [0.15, 0.2) is 0 Å². The minimum Gasteiger partial charge on any atom is -0.381 e. The number of halogens is 1. The highest BCUT2D eigenvalue weighted by Gasteiger charge is 2.20. The Bertz CT molecular complexity index is 158. The van der Waals surface area contributed by atoms with Crippen LogP contribution in [0.4, 0.5) is 0 Å². The van der Waals surface area contributed by atoms with Gasteiger partial charge in [-0.15, -0.1) is 0 Å². The monoisotopic (exact) mass is 249 g/mol. The normalized spacial score (nSPS) is 22.7. The van der Waals surface area contributed by atoms with Crippen LogP contribution in [0.1, 0.15) is 19.3 Å². The lowest BCUT2D eigenvalue weighted by Crippen LogP contribution is -2.36. The summed E-state index contributed by atoms with van der Waals surface area (Å²) in [6, 6.07) is 0. The van der Waals surface area contributed by atoms with Crippen molar-refractivity contribution < 1.29 is 9.53 Å². The molecule has 0 aromatic carbocycles. The van der Waals surface area contributed by atoms with Gasteiger partial charge in [0, 0.05) is 18.5 Å². The number of carbonyl (C=O) groups excluding carboxylic acids is 1. The first-order chi connectivity index (χ1) is 6.34. The van der Waals surface area contributed by atoms with Crippen LogP contribution in [0.2, 0.25) is 0 Å². The summed E-state index contributed by atoms with van der Waals surface area (Å²) >= 11 is 3.32. The van der Waals surface area contributed by atoms with Gasteiger partial charge in [-0.05, 0) is 19.3 Å². The number of alkyl halides is 1. The number of hydrogen-bond acceptors (Lipinski definition) is 2. The lowest BCUT2D eigenvalue weighted by Gasteiger charge is -2.21. The molecule has 0 bridgehead atoms. The highest BCUT2D eigenvalue weighted by molar-refractivity contribution is 9.09. The van der Waals surface area contributed by atoms with Crippen molar-refractivity contribution in [2.24, 2.45) is 5.92 Å². The van der Waals surface area contributed by atoms with Gasteiger partial charge >= 0.3 is 0 Å². The van der Waals surface area contributed by atoms with E-state index in [1.54, 1.807) is 0 Å². The molecule has 1 aliphatic rings. The van der Waals surface area contributed by atoms with E-state index in [4.69, 9.17) is 4.74 Å². The first-order valence-corrected chi connectivity index (χ1v) is 5.88. The average Bonchev–Trinajstić information content (AvgIpc) is 2.19. The fourth-order valence-corrected chi connectivity index (χ4v) is 1.65. The first-order valence-electron chi connectivity index (χ1n) is 4.76. The van der Waals surface area contributed by atoms with Crippen molar-refractivity contribution in [3.63, 3.8) is 0 Å². The van der Waals surface area contributed by atoms with Crippen LogP contribution in [0.3, 0.4) is 0 Å². The second kappa shape index (κ2) is 6.38. The fraction of sp³-hybridized carbons (Fsp3) is 0.889. The third-order valence-corrected chi connectivity index (χ3v) is 2.70. The van der Waals surface area contributed by atoms with Gasteiger partial charge in [-0.3, -0.25) is 4.79 Å². The lowest BCUT2D eigenvalue weighted by molar-refractivity contribution is -0.128. The van der Waals surface area contributed by atoms with E-state index >= 15 is 0 Å². The number of nitrogens with one attached hydrogen (secondary N) is 1. The van der Waals surface area contributed by atoms with E-state index in [1.165, 1.54) is 0 Å². The van der Waals surface area contributed by atoms with Crippen molar-refractivity contribution in [2.75, 3.05) is 25.1 Å². The molecule has 76 valence electrons. The molecule has 1 fully saturated rings. The van der Waals surface area contributed by atoms with E-state index in [1.807, 2.05) is 0 Å². The van der Waals surface area contributed by atoms with Crippen molar-refractivity contribution in [3.8, 4) is 0 Å². The molecular formula is C9H16BrNO2. The van der Waals surface area contributed by atoms with Crippen molar-refractivity contribution in [1.29, 1.82) is 0 Å². The molecule has 0 radical (unpaired) electrons. The zero-order valence-corrected chi connectivity index (χ0v) is 9.31. The quantitative estimate of drug-likeness (QED) is 0.603. The maximum atomic E-state index is 11.5. The highest BCUT2D eigenvalue weighted by atomic mass is 79.9. The standard InChI is InChI=1S/C9H16BrNO2/c10-4-2-5-11-9(12)8-3-1-6-13-7-8/h8H,1-7H2,(H,11,12). The summed E-state index contributed by atoms with van der Waals surface area (Å²) in [5, 5.41) is 3.84. The van der Waals surface area contributed by atoms with Crippen molar-refractivity contribution in [2.45, 2.75) is 19.3 Å². The number of hydrogen-bond donors (Lipinski definition) is 1. The Balaban J connectivity index is 2.13. The van der Waals surface area contributed by atoms with Crippen LogP contribution in [0.5, 0.6) is 0 Å². The molecule has 13 heavy (non-hydrogen) atoms. The van der Waals surface area contributed by atoms with Gasteiger partial charge in [0.25, 0.3) is 0 Å². The summed E-state index contributed by atoms with van der Waals surface area (Å²) < 4.78 is 5.24. The molecule has 0 aromatic rings. The largest absolute Gasteiger partial charge is 0.381 e. The van der Waals surface area contributed by atoms with Gasteiger partial charge in [0.1, 0.15) is 0 Å². The molecule has 1 unspecified atom stereocenters. The minimum atomic E-state index is 0.0871. The summed E-state index contributed by atoms with van der Waals surface area (Å²) in [7, 11) is 0. The minimum absolute atomic E-state index is 0.0871. The van der Waals surface area contributed by atoms with E-state index in [2.05, 4.69) is 21.2 Å². The Hall–Kier alpha value is -0.0900. The molecule has 0 saturated carbocycles. The molecular weight excluding hydrogens is 234 g/mol. The van der Waals surface area contributed by atoms with Crippen LogP contribution in [-0.2, 0) is 9.53 Å². The van der Waals surface area contributed by atoms with Crippen molar-refractivity contribution >= 4 is 21.8 Å². The average molecular weight is 250 g/mol. The Morgan fingerprint density at radius 3 is 3.08 bits per heavy atom. The summed E-state index contributed by atoms with van der Waals surface area (Å²) in [6.07, 6.45) is 2.97. The molecule has 1 aliphatic heterocycles. The Morgan fingerprint density at radius 1 is 1.62 bits per heavy atom. The third-order valence-electron chi connectivity index (χ3n) is 2.14. The second-order valence-electron chi connectivity index (χ2n) is 3.25. The summed E-state index contributed by atoms with van der Waals surface area (Å²) in [5.74, 6) is 0.240. The maximum Gasteiger partial charge on any atom is 0.225 e. The molecule has 4 heteroatoms. The van der Waals surface area contributed by atoms with Gasteiger partial charge in [0.2, 0.25) is 5.91 Å². The van der Waals surface area contributed by atoms with Crippen LogP contribution < -0.4 is 5.32 Å². The number of rotatable bonds is 4. The van der Waals surface area contributed by atoms with E-state index < -0.39 is 0 Å². The van der Waals surface area contributed by atoms with E-state index in [0.29, 0.717) is 6.61 Å². The number of carbonyl (C=O) groups is 1. The molecule has 1 rings (SSSR count). The van der Waals surface area contributed by atoms with Gasteiger partial charge in [-0.25, -0.2) is 0 Å². The number of ether oxygens (including phenoxy) is 1. The first kappa shape index (κ1) is 11.0. The predicted octanol–water partition coefficient (Wildman–Crippen LogP) is 1.31. The molecule has 1 heterocycles. The Labute approximate surface area is 87.3 Å². The predicted molar refractivity (Wildman–Crippen MR) is 55.0 cm³/mol. The van der Waals surface area contributed by atoms with Gasteiger partial charge in [-0.2, -0.15) is 0 Å². The van der Waals surface area contributed by atoms with Crippen LogP contribution in [0.25, 0.3) is 0 Å². The molecule has 1 atom stereocenters. The van der Waals surface area contributed by atoms with Crippen LogP contribution in [0, 0.1) is 5.92 Å². The van der Waals surface area contributed by atoms with Crippen molar-refractivity contribution in [3.05, 3.63) is 0 Å². The molecule has 0 aromatic heterocycles. The summed E-state index contributed by atoms with van der Waals surface area (Å²) in [4.78, 5) is 11.5. The molecule has 0 spiro atoms. The van der Waals surface area contributed by atoms with Gasteiger partial charge in [0.05, 0.1) is 12.5 Å². The Morgan fingerprint density at radius 2 is 2.46 bits per heavy atom. The second-order valence-corrected chi connectivity index (χ2v) is 4.04.